The van der Waals surface area contributed by atoms with E-state index >= 15 is 0 Å². The molecule has 6 nitrogen and oxygen atoms in total. The Morgan fingerprint density at radius 1 is 1.38 bits per heavy atom. The second kappa shape index (κ2) is 7.59. The van der Waals surface area contributed by atoms with Crippen molar-refractivity contribution in [3.8, 4) is 0 Å². The summed E-state index contributed by atoms with van der Waals surface area (Å²) in [6.07, 6.45) is 6.55. The van der Waals surface area contributed by atoms with Crippen molar-refractivity contribution < 1.29 is 22.5 Å². The molecule has 1 saturated carbocycles. The number of hydrogen-bond acceptors (Lipinski definition) is 5. The topological polar surface area (TPSA) is 107 Å². The lowest BCUT2D eigenvalue weighted by atomic mass is 9.98. The van der Waals surface area contributed by atoms with Crippen LogP contribution in [0, 0.1) is 0 Å². The van der Waals surface area contributed by atoms with E-state index in [0.29, 0.717) is 6.26 Å². The lowest BCUT2D eigenvalue weighted by Crippen LogP contribution is -2.25. The highest BCUT2D eigenvalue weighted by atomic mass is 32.2. The Balaban J connectivity index is 0.000000385. The predicted octanol–water partition coefficient (Wildman–Crippen LogP) is 0.325. The molecule has 96 valence electrons. The quantitative estimate of drug-likeness (QED) is 0.542. The van der Waals surface area contributed by atoms with Gasteiger partial charge in [0.2, 0.25) is 0 Å². The van der Waals surface area contributed by atoms with Crippen molar-refractivity contribution in [3.05, 3.63) is 0 Å². The molecule has 0 heterocycles. The zero-order valence-corrected chi connectivity index (χ0v) is 10.2. The lowest BCUT2D eigenvalue weighted by Gasteiger charge is -2.21. The third kappa shape index (κ3) is 11.4. The van der Waals surface area contributed by atoms with Crippen LogP contribution in [0.2, 0.25) is 0 Å². The molecule has 0 spiro atoms. The number of ether oxygens (including phenoxy) is 1. The summed E-state index contributed by atoms with van der Waals surface area (Å²) in [5.41, 5.74) is 5.11. The van der Waals surface area contributed by atoms with Gasteiger partial charge in [-0.05, 0) is 25.7 Å². The van der Waals surface area contributed by atoms with Crippen LogP contribution in [0.25, 0.3) is 0 Å². The van der Waals surface area contributed by atoms with Crippen molar-refractivity contribution in [3.63, 3.8) is 0 Å². The van der Waals surface area contributed by atoms with Crippen LogP contribution in [0.5, 0.6) is 0 Å². The molecule has 0 radical (unpaired) electrons. The van der Waals surface area contributed by atoms with Crippen LogP contribution in [0.15, 0.2) is 0 Å². The van der Waals surface area contributed by atoms with Crippen LogP contribution in [0.4, 0.5) is 0 Å². The minimum atomic E-state index is -3.67. The summed E-state index contributed by atoms with van der Waals surface area (Å²) in [6.45, 7) is 0.0104. The number of rotatable bonds is 2. The Kier molecular flexibility index (Phi) is 7.27. The fourth-order valence-corrected chi connectivity index (χ4v) is 1.42. The molecule has 0 amide bonds. The first-order valence-electron chi connectivity index (χ1n) is 5.15. The molecule has 1 aliphatic rings. The summed E-state index contributed by atoms with van der Waals surface area (Å²) >= 11 is 0. The standard InChI is InChI=1S/C8H15NO2.CH4O3S/c9-6-8(10)11-7-4-2-1-3-5-7;1-5(2,3)4/h7H,1-6,9H2;1H3,(H,2,3,4). The molecule has 1 aliphatic carbocycles. The van der Waals surface area contributed by atoms with Crippen molar-refractivity contribution in [1.29, 1.82) is 0 Å². The van der Waals surface area contributed by atoms with Crippen LogP contribution < -0.4 is 5.73 Å². The molecule has 0 saturated heterocycles. The summed E-state index contributed by atoms with van der Waals surface area (Å²) in [4.78, 5) is 10.7. The van der Waals surface area contributed by atoms with Crippen LogP contribution >= 0.6 is 0 Å². The third-order valence-corrected chi connectivity index (χ3v) is 2.02. The summed E-state index contributed by atoms with van der Waals surface area (Å²) in [6, 6.07) is 0. The van der Waals surface area contributed by atoms with Crippen LogP contribution in [0.3, 0.4) is 0 Å². The highest BCUT2D eigenvalue weighted by molar-refractivity contribution is 7.85. The van der Waals surface area contributed by atoms with Crippen LogP contribution in [-0.4, -0.2) is 37.8 Å². The van der Waals surface area contributed by atoms with E-state index < -0.39 is 10.1 Å². The van der Waals surface area contributed by atoms with Crippen molar-refractivity contribution in [2.24, 2.45) is 5.73 Å². The van der Waals surface area contributed by atoms with Gasteiger partial charge in [-0.15, -0.1) is 0 Å². The van der Waals surface area contributed by atoms with Gasteiger partial charge in [-0.2, -0.15) is 8.42 Å². The van der Waals surface area contributed by atoms with Gasteiger partial charge in [0.05, 0.1) is 12.8 Å². The van der Waals surface area contributed by atoms with E-state index in [1.807, 2.05) is 0 Å². The molecule has 0 aromatic carbocycles. The highest BCUT2D eigenvalue weighted by Crippen LogP contribution is 2.19. The average Bonchev–Trinajstić information content (AvgIpc) is 2.16. The maximum absolute atomic E-state index is 10.7. The molecule has 0 aromatic heterocycles. The van der Waals surface area contributed by atoms with E-state index in [1.165, 1.54) is 19.3 Å². The van der Waals surface area contributed by atoms with Gasteiger partial charge in [-0.1, -0.05) is 6.42 Å². The largest absolute Gasteiger partial charge is 0.461 e. The molecule has 0 bridgehead atoms. The van der Waals surface area contributed by atoms with Gasteiger partial charge in [0.1, 0.15) is 6.10 Å². The van der Waals surface area contributed by atoms with Crippen molar-refractivity contribution in [1.82, 2.24) is 0 Å². The predicted molar refractivity (Wildman–Crippen MR) is 59.5 cm³/mol. The Labute approximate surface area is 95.9 Å². The smallest absolute Gasteiger partial charge is 0.319 e. The Morgan fingerprint density at radius 2 is 1.81 bits per heavy atom. The molecule has 1 rings (SSSR count). The Morgan fingerprint density at radius 3 is 2.19 bits per heavy atom. The number of nitrogens with two attached hydrogens (primary N) is 1. The molecule has 16 heavy (non-hydrogen) atoms. The van der Waals surface area contributed by atoms with Crippen molar-refractivity contribution in [2.75, 3.05) is 12.8 Å². The molecule has 3 N–H and O–H groups in total. The third-order valence-electron chi connectivity index (χ3n) is 2.02. The monoisotopic (exact) mass is 253 g/mol. The molecule has 0 aliphatic heterocycles. The van der Waals surface area contributed by atoms with E-state index in [0.717, 1.165) is 12.8 Å². The van der Waals surface area contributed by atoms with E-state index in [1.54, 1.807) is 0 Å². The van der Waals surface area contributed by atoms with Crippen molar-refractivity contribution in [2.45, 2.75) is 38.2 Å². The Bertz CT molecular complexity index is 287. The minimum absolute atomic E-state index is 0.0104. The number of carbonyl (C=O) groups excluding carboxylic acids is 1. The summed E-state index contributed by atoms with van der Waals surface area (Å²) < 4.78 is 30.9. The molecular weight excluding hydrogens is 234 g/mol. The maximum Gasteiger partial charge on any atom is 0.319 e. The first-order chi connectivity index (χ1) is 7.33. The summed E-state index contributed by atoms with van der Waals surface area (Å²) in [5, 5.41) is 0. The van der Waals surface area contributed by atoms with Gasteiger partial charge in [-0.25, -0.2) is 0 Å². The van der Waals surface area contributed by atoms with Crippen molar-refractivity contribution >= 4 is 16.1 Å². The SMILES string of the molecule is CS(=O)(=O)O.NCC(=O)OC1CCCCC1. The van der Waals surface area contributed by atoms with Crippen LogP contribution in [-0.2, 0) is 19.6 Å². The minimum Gasteiger partial charge on any atom is -0.461 e. The number of hydrogen-bond donors (Lipinski definition) is 2. The highest BCUT2D eigenvalue weighted by Gasteiger charge is 2.16. The average molecular weight is 253 g/mol. The molecule has 0 atom stereocenters. The zero-order valence-electron chi connectivity index (χ0n) is 9.39. The van der Waals surface area contributed by atoms with Crippen LogP contribution in [0.1, 0.15) is 32.1 Å². The fourth-order valence-electron chi connectivity index (χ4n) is 1.42. The lowest BCUT2D eigenvalue weighted by molar-refractivity contribution is -0.148. The van der Waals surface area contributed by atoms with Gasteiger partial charge < -0.3 is 10.5 Å². The zero-order chi connectivity index (χ0) is 12.6. The first-order valence-corrected chi connectivity index (χ1v) is 6.99. The molecule has 7 heteroatoms. The van der Waals surface area contributed by atoms with E-state index in [9.17, 15) is 13.2 Å². The fraction of sp³-hybridized carbons (Fsp3) is 0.889. The normalized spacial score (nSPS) is 17.2. The Hall–Kier alpha value is -0.660. The molecule has 0 aromatic rings. The summed E-state index contributed by atoms with van der Waals surface area (Å²) in [5.74, 6) is -0.267. The van der Waals surface area contributed by atoms with E-state index in [2.05, 4.69) is 0 Å². The van der Waals surface area contributed by atoms with Gasteiger partial charge in [0.15, 0.2) is 0 Å². The van der Waals surface area contributed by atoms with Gasteiger partial charge in [-0.3, -0.25) is 9.35 Å². The number of carbonyl (C=O) groups is 1. The second-order valence-electron chi connectivity index (χ2n) is 3.69. The maximum atomic E-state index is 10.7. The first kappa shape index (κ1) is 15.3. The molecule has 1 fully saturated rings. The van der Waals surface area contributed by atoms with Gasteiger partial charge in [0.25, 0.3) is 10.1 Å². The number of esters is 1. The molecule has 0 unspecified atom stereocenters. The van der Waals surface area contributed by atoms with Gasteiger partial charge in [0, 0.05) is 0 Å². The summed E-state index contributed by atoms with van der Waals surface area (Å²) in [7, 11) is -3.67. The second-order valence-corrected chi connectivity index (χ2v) is 5.15. The van der Waals surface area contributed by atoms with E-state index in [4.69, 9.17) is 15.0 Å². The molecular formula is C9H19NO5S. The van der Waals surface area contributed by atoms with Gasteiger partial charge >= 0.3 is 5.97 Å². The van der Waals surface area contributed by atoms with E-state index in [-0.39, 0.29) is 18.6 Å².